The number of carbonyl (C=O) groups excluding carboxylic acids is 1. The molecule has 0 saturated carbocycles. The zero-order valence-corrected chi connectivity index (χ0v) is 12.0. The molecule has 1 aromatic carbocycles. The predicted octanol–water partition coefficient (Wildman–Crippen LogP) is 2.49. The largest absolute Gasteiger partial charge is 0.481 e. The number of benzene rings is 1. The zero-order chi connectivity index (χ0) is 14.9. The van der Waals surface area contributed by atoms with Gasteiger partial charge in [0.1, 0.15) is 0 Å². The van der Waals surface area contributed by atoms with E-state index >= 15 is 0 Å². The minimum Gasteiger partial charge on any atom is -0.481 e. The Morgan fingerprint density at radius 2 is 2.00 bits per heavy atom. The van der Waals surface area contributed by atoms with Crippen LogP contribution in [-0.2, 0) is 4.79 Å². The lowest BCUT2D eigenvalue weighted by molar-refractivity contribution is -0.142. The molecule has 1 saturated heterocycles. The van der Waals surface area contributed by atoms with E-state index in [2.05, 4.69) is 5.32 Å². The normalized spacial score (nSPS) is 21.9. The van der Waals surface area contributed by atoms with Gasteiger partial charge in [0.2, 0.25) is 0 Å². The van der Waals surface area contributed by atoms with Crippen molar-refractivity contribution in [1.82, 2.24) is 4.90 Å². The van der Waals surface area contributed by atoms with Crippen LogP contribution in [0.4, 0.5) is 10.5 Å². The maximum absolute atomic E-state index is 12.2. The Hall–Kier alpha value is -2.04. The fourth-order valence-corrected chi connectivity index (χ4v) is 2.52. The van der Waals surface area contributed by atoms with Crippen LogP contribution in [0, 0.1) is 25.7 Å². The number of aliphatic carboxylic acids is 1. The van der Waals surface area contributed by atoms with E-state index in [1.54, 1.807) is 4.90 Å². The van der Waals surface area contributed by atoms with Crippen LogP contribution in [0.2, 0.25) is 0 Å². The summed E-state index contributed by atoms with van der Waals surface area (Å²) in [5.41, 5.74) is 2.84. The molecule has 0 unspecified atom stereocenters. The van der Waals surface area contributed by atoms with Crippen LogP contribution in [0.5, 0.6) is 0 Å². The molecule has 1 aliphatic heterocycles. The van der Waals surface area contributed by atoms with Gasteiger partial charge in [-0.15, -0.1) is 0 Å². The van der Waals surface area contributed by atoms with Gasteiger partial charge in [0.25, 0.3) is 0 Å². The maximum Gasteiger partial charge on any atom is 0.321 e. The number of urea groups is 1. The zero-order valence-electron chi connectivity index (χ0n) is 12.0. The van der Waals surface area contributed by atoms with Crippen LogP contribution in [0.1, 0.15) is 18.1 Å². The number of carbonyl (C=O) groups is 2. The minimum atomic E-state index is -0.834. The van der Waals surface area contributed by atoms with Gasteiger partial charge in [0.05, 0.1) is 5.92 Å². The van der Waals surface area contributed by atoms with Crippen LogP contribution in [0.25, 0.3) is 0 Å². The van der Waals surface area contributed by atoms with E-state index in [1.807, 2.05) is 39.0 Å². The average molecular weight is 276 g/mol. The SMILES string of the molecule is Cc1ccc(C)c(NC(=O)N2C[C@@H](C)[C@H](C(=O)O)C2)c1. The van der Waals surface area contributed by atoms with E-state index in [4.69, 9.17) is 5.11 Å². The lowest BCUT2D eigenvalue weighted by atomic mass is 9.99. The van der Waals surface area contributed by atoms with Crippen LogP contribution in [-0.4, -0.2) is 35.1 Å². The molecule has 1 aliphatic rings. The van der Waals surface area contributed by atoms with Crippen molar-refractivity contribution >= 4 is 17.7 Å². The first-order chi connectivity index (χ1) is 9.38. The number of nitrogens with one attached hydrogen (secondary N) is 1. The summed E-state index contributed by atoms with van der Waals surface area (Å²) in [6.07, 6.45) is 0. The van der Waals surface area contributed by atoms with Crippen molar-refractivity contribution < 1.29 is 14.7 Å². The highest BCUT2D eigenvalue weighted by Gasteiger charge is 2.36. The number of rotatable bonds is 2. The summed E-state index contributed by atoms with van der Waals surface area (Å²) in [5, 5.41) is 12.0. The van der Waals surface area contributed by atoms with Crippen LogP contribution < -0.4 is 5.32 Å². The average Bonchev–Trinajstić information content (AvgIpc) is 2.76. The predicted molar refractivity (Wildman–Crippen MR) is 76.8 cm³/mol. The first-order valence-corrected chi connectivity index (χ1v) is 6.74. The number of likely N-dealkylation sites (tertiary alicyclic amines) is 1. The molecule has 0 aromatic heterocycles. The van der Waals surface area contributed by atoms with E-state index < -0.39 is 11.9 Å². The van der Waals surface area contributed by atoms with E-state index in [1.165, 1.54) is 0 Å². The molecule has 0 bridgehead atoms. The number of hydrogen-bond donors (Lipinski definition) is 2. The third-order valence-electron chi connectivity index (χ3n) is 3.85. The van der Waals surface area contributed by atoms with Crippen LogP contribution in [0.15, 0.2) is 18.2 Å². The molecule has 1 aromatic rings. The second kappa shape index (κ2) is 5.53. The molecule has 1 heterocycles. The number of nitrogens with zero attached hydrogens (tertiary/aromatic N) is 1. The molecule has 5 heteroatoms. The summed E-state index contributed by atoms with van der Waals surface area (Å²) in [6.45, 7) is 6.51. The third-order valence-corrected chi connectivity index (χ3v) is 3.85. The minimum absolute atomic E-state index is 0.0168. The molecule has 2 N–H and O–H groups in total. The highest BCUT2D eigenvalue weighted by atomic mass is 16.4. The van der Waals surface area contributed by atoms with Crippen molar-refractivity contribution in [2.75, 3.05) is 18.4 Å². The highest BCUT2D eigenvalue weighted by molar-refractivity contribution is 5.91. The summed E-state index contributed by atoms with van der Waals surface area (Å²) < 4.78 is 0. The molecule has 2 atom stereocenters. The topological polar surface area (TPSA) is 69.6 Å². The van der Waals surface area contributed by atoms with Crippen LogP contribution >= 0.6 is 0 Å². The van der Waals surface area contributed by atoms with Gasteiger partial charge in [0, 0.05) is 18.8 Å². The van der Waals surface area contributed by atoms with Gasteiger partial charge < -0.3 is 15.3 Å². The first-order valence-electron chi connectivity index (χ1n) is 6.74. The molecule has 0 spiro atoms. The van der Waals surface area contributed by atoms with Crippen molar-refractivity contribution in [1.29, 1.82) is 0 Å². The number of hydrogen-bond acceptors (Lipinski definition) is 2. The Kier molecular flexibility index (Phi) is 3.97. The summed E-state index contributed by atoms with van der Waals surface area (Å²) in [6, 6.07) is 5.64. The highest BCUT2D eigenvalue weighted by Crippen LogP contribution is 2.24. The van der Waals surface area contributed by atoms with Gasteiger partial charge in [-0.2, -0.15) is 0 Å². The summed E-state index contributed by atoms with van der Waals surface area (Å²) in [4.78, 5) is 24.9. The monoisotopic (exact) mass is 276 g/mol. The fraction of sp³-hybridized carbons (Fsp3) is 0.467. The number of aryl methyl sites for hydroxylation is 2. The lowest BCUT2D eigenvalue weighted by Crippen LogP contribution is -2.34. The number of carboxylic acids is 1. The molecular formula is C15H20N2O3. The molecule has 1 fully saturated rings. The third kappa shape index (κ3) is 2.92. The van der Waals surface area contributed by atoms with Crippen molar-refractivity contribution in [2.24, 2.45) is 11.8 Å². The summed E-state index contributed by atoms with van der Waals surface area (Å²) in [7, 11) is 0. The Morgan fingerprint density at radius 3 is 2.60 bits per heavy atom. The van der Waals surface area contributed by atoms with Gasteiger partial charge in [-0.3, -0.25) is 4.79 Å². The Balaban J connectivity index is 2.06. The molecule has 2 amide bonds. The molecule has 108 valence electrons. The summed E-state index contributed by atoms with van der Waals surface area (Å²) in [5.74, 6) is -1.32. The van der Waals surface area contributed by atoms with Gasteiger partial charge in [-0.25, -0.2) is 4.79 Å². The Morgan fingerprint density at radius 1 is 1.30 bits per heavy atom. The maximum atomic E-state index is 12.2. The van der Waals surface area contributed by atoms with Crippen molar-refractivity contribution in [3.05, 3.63) is 29.3 Å². The fourth-order valence-electron chi connectivity index (χ4n) is 2.52. The van der Waals surface area contributed by atoms with E-state index in [9.17, 15) is 9.59 Å². The van der Waals surface area contributed by atoms with E-state index in [-0.39, 0.29) is 18.5 Å². The van der Waals surface area contributed by atoms with Gasteiger partial charge in [-0.05, 0) is 37.0 Å². The van der Waals surface area contributed by atoms with Gasteiger partial charge >= 0.3 is 12.0 Å². The smallest absolute Gasteiger partial charge is 0.321 e. The quantitative estimate of drug-likeness (QED) is 0.872. The van der Waals surface area contributed by atoms with Gasteiger partial charge in [0.15, 0.2) is 0 Å². The van der Waals surface area contributed by atoms with E-state index in [0.717, 1.165) is 16.8 Å². The molecule has 0 aliphatic carbocycles. The second-order valence-corrected chi connectivity index (χ2v) is 5.58. The lowest BCUT2D eigenvalue weighted by Gasteiger charge is -2.18. The number of carboxylic acid groups (broad SMARTS) is 1. The van der Waals surface area contributed by atoms with Crippen molar-refractivity contribution in [2.45, 2.75) is 20.8 Å². The number of anilines is 1. The first kappa shape index (κ1) is 14.4. The molecule has 0 radical (unpaired) electrons. The molecule has 2 rings (SSSR count). The van der Waals surface area contributed by atoms with Crippen LogP contribution in [0.3, 0.4) is 0 Å². The second-order valence-electron chi connectivity index (χ2n) is 5.58. The molecule has 20 heavy (non-hydrogen) atoms. The molecular weight excluding hydrogens is 256 g/mol. The number of amides is 2. The Bertz CT molecular complexity index is 542. The Labute approximate surface area is 118 Å². The van der Waals surface area contributed by atoms with E-state index in [0.29, 0.717) is 6.54 Å². The standard InChI is InChI=1S/C15H20N2O3/c1-9-4-5-10(2)13(6-9)16-15(20)17-7-11(3)12(8-17)14(18)19/h4-6,11-12H,7-8H2,1-3H3,(H,16,20)(H,18,19)/t11-,12-/m1/s1. The van der Waals surface area contributed by atoms with Crippen molar-refractivity contribution in [3.63, 3.8) is 0 Å². The summed E-state index contributed by atoms with van der Waals surface area (Å²) >= 11 is 0. The van der Waals surface area contributed by atoms with Crippen molar-refractivity contribution in [3.8, 4) is 0 Å². The van der Waals surface area contributed by atoms with Gasteiger partial charge in [-0.1, -0.05) is 19.1 Å². The molecule has 5 nitrogen and oxygen atoms in total.